The Morgan fingerprint density at radius 2 is 2.11 bits per heavy atom. The molecule has 0 radical (unpaired) electrons. The van der Waals surface area contributed by atoms with Crippen LogP contribution in [-0.2, 0) is 4.74 Å². The predicted molar refractivity (Wildman–Crippen MR) is 94.7 cm³/mol. The molecule has 1 atom stereocenters. The van der Waals surface area contributed by atoms with Gasteiger partial charge in [0.15, 0.2) is 6.61 Å². The van der Waals surface area contributed by atoms with Crippen molar-refractivity contribution in [3.63, 3.8) is 0 Å². The summed E-state index contributed by atoms with van der Waals surface area (Å²) in [5, 5.41) is 2.69. The van der Waals surface area contributed by atoms with Crippen LogP contribution < -0.4 is 14.8 Å². The number of carbonyl (C=O) groups is 1. The van der Waals surface area contributed by atoms with Gasteiger partial charge in [-0.1, -0.05) is 6.07 Å². The maximum Gasteiger partial charge on any atom is 0.422 e. The Morgan fingerprint density at radius 1 is 1.25 bits per heavy atom. The highest BCUT2D eigenvalue weighted by molar-refractivity contribution is 6.04. The summed E-state index contributed by atoms with van der Waals surface area (Å²) >= 11 is 0. The lowest BCUT2D eigenvalue weighted by Crippen LogP contribution is -2.19. The molecular formula is C19H19F3N2O4. The minimum absolute atomic E-state index is 0.0856. The van der Waals surface area contributed by atoms with Crippen molar-refractivity contribution in [2.24, 2.45) is 0 Å². The van der Waals surface area contributed by atoms with Crippen molar-refractivity contribution in [1.82, 2.24) is 4.98 Å². The van der Waals surface area contributed by atoms with Crippen molar-refractivity contribution in [3.05, 3.63) is 48.2 Å². The summed E-state index contributed by atoms with van der Waals surface area (Å²) in [5.74, 6) is -0.0631. The van der Waals surface area contributed by atoms with E-state index in [0.717, 1.165) is 25.6 Å². The maximum absolute atomic E-state index is 12.3. The fraction of sp³-hybridized carbons (Fsp3) is 0.368. The number of halogens is 3. The fourth-order valence-corrected chi connectivity index (χ4v) is 2.59. The van der Waals surface area contributed by atoms with Gasteiger partial charge in [0.2, 0.25) is 5.88 Å². The van der Waals surface area contributed by atoms with E-state index >= 15 is 0 Å². The van der Waals surface area contributed by atoms with E-state index in [9.17, 15) is 18.0 Å². The Morgan fingerprint density at radius 3 is 2.79 bits per heavy atom. The maximum atomic E-state index is 12.3. The molecule has 1 fully saturated rings. The van der Waals surface area contributed by atoms with Crippen molar-refractivity contribution in [1.29, 1.82) is 0 Å². The Balaban J connectivity index is 1.54. The van der Waals surface area contributed by atoms with Gasteiger partial charge in [0.25, 0.3) is 5.91 Å². The number of amides is 1. The molecule has 0 spiro atoms. The molecule has 2 aromatic rings. The third kappa shape index (κ3) is 6.12. The number of hydrogen-bond acceptors (Lipinski definition) is 5. The first-order valence-electron chi connectivity index (χ1n) is 8.70. The number of ether oxygens (including phenoxy) is 3. The molecule has 28 heavy (non-hydrogen) atoms. The minimum atomic E-state index is -4.45. The lowest BCUT2D eigenvalue weighted by molar-refractivity contribution is -0.154. The van der Waals surface area contributed by atoms with Crippen LogP contribution in [0.4, 0.5) is 18.9 Å². The zero-order chi connectivity index (χ0) is 20.0. The van der Waals surface area contributed by atoms with Gasteiger partial charge in [-0.05, 0) is 31.0 Å². The summed E-state index contributed by atoms with van der Waals surface area (Å²) in [5.41, 5.74) is 0.706. The molecule has 0 bridgehead atoms. The highest BCUT2D eigenvalue weighted by atomic mass is 19.4. The second-order valence-corrected chi connectivity index (χ2v) is 6.22. The van der Waals surface area contributed by atoms with Gasteiger partial charge in [0.1, 0.15) is 12.4 Å². The SMILES string of the molecule is O=C(Nc1cccc(OCC2CCCO2)c1)c1ccc(OCC(F)(F)F)nc1. The van der Waals surface area contributed by atoms with Crippen LogP contribution in [-0.4, -0.2) is 43.0 Å². The molecule has 0 aliphatic carbocycles. The van der Waals surface area contributed by atoms with Crippen molar-refractivity contribution >= 4 is 11.6 Å². The number of rotatable bonds is 7. The Hall–Kier alpha value is -2.81. The average Bonchev–Trinajstić information content (AvgIpc) is 3.18. The quantitative estimate of drug-likeness (QED) is 0.770. The standard InChI is InChI=1S/C19H19F3N2O4/c20-19(21,22)12-28-17-7-6-13(10-23-17)18(25)24-14-3-1-4-15(9-14)27-11-16-5-2-8-26-16/h1,3-4,6-7,9-10,16H,2,5,8,11-12H2,(H,24,25). The zero-order valence-electron chi connectivity index (χ0n) is 14.9. The first-order chi connectivity index (χ1) is 13.4. The fourth-order valence-electron chi connectivity index (χ4n) is 2.59. The van der Waals surface area contributed by atoms with Crippen molar-refractivity contribution in [2.45, 2.75) is 25.1 Å². The van der Waals surface area contributed by atoms with Crippen LogP contribution in [0.2, 0.25) is 0 Å². The van der Waals surface area contributed by atoms with E-state index in [1.807, 2.05) is 0 Å². The molecule has 9 heteroatoms. The number of aromatic nitrogens is 1. The minimum Gasteiger partial charge on any atom is -0.491 e. The molecule has 3 rings (SSSR count). The van der Waals surface area contributed by atoms with Crippen LogP contribution in [0.3, 0.4) is 0 Å². The summed E-state index contributed by atoms with van der Waals surface area (Å²) in [6, 6.07) is 9.45. The molecule has 6 nitrogen and oxygen atoms in total. The van der Waals surface area contributed by atoms with Gasteiger partial charge >= 0.3 is 6.18 Å². The predicted octanol–water partition coefficient (Wildman–Crippen LogP) is 3.83. The normalized spacial score (nSPS) is 16.6. The molecule has 1 unspecified atom stereocenters. The molecule has 1 amide bonds. The molecule has 1 aromatic heterocycles. The summed E-state index contributed by atoms with van der Waals surface area (Å²) in [6.45, 7) is -0.247. The monoisotopic (exact) mass is 396 g/mol. The second kappa shape index (κ2) is 8.92. The number of anilines is 1. The van der Waals surface area contributed by atoms with Crippen LogP contribution in [0.1, 0.15) is 23.2 Å². The first-order valence-corrected chi connectivity index (χ1v) is 8.70. The average molecular weight is 396 g/mol. The molecule has 1 saturated heterocycles. The smallest absolute Gasteiger partial charge is 0.422 e. The lowest BCUT2D eigenvalue weighted by Gasteiger charge is -2.12. The van der Waals surface area contributed by atoms with E-state index in [0.29, 0.717) is 18.0 Å². The first kappa shape index (κ1) is 19.9. The number of hydrogen-bond donors (Lipinski definition) is 1. The Labute approximate surface area is 159 Å². The molecule has 0 saturated carbocycles. The van der Waals surface area contributed by atoms with E-state index < -0.39 is 18.7 Å². The lowest BCUT2D eigenvalue weighted by atomic mass is 10.2. The number of nitrogens with zero attached hydrogens (tertiary/aromatic N) is 1. The summed E-state index contributed by atoms with van der Waals surface area (Å²) in [7, 11) is 0. The molecule has 1 aromatic carbocycles. The Bertz CT molecular complexity index is 791. The molecular weight excluding hydrogens is 377 g/mol. The number of benzene rings is 1. The van der Waals surface area contributed by atoms with Crippen molar-refractivity contribution in [2.75, 3.05) is 25.1 Å². The van der Waals surface area contributed by atoms with Crippen LogP contribution in [0.5, 0.6) is 11.6 Å². The zero-order valence-corrected chi connectivity index (χ0v) is 14.9. The van der Waals surface area contributed by atoms with Crippen molar-refractivity contribution in [3.8, 4) is 11.6 Å². The molecule has 150 valence electrons. The van der Waals surface area contributed by atoms with Gasteiger partial charge in [-0.25, -0.2) is 4.98 Å². The second-order valence-electron chi connectivity index (χ2n) is 6.22. The molecule has 1 N–H and O–H groups in total. The van der Waals surface area contributed by atoms with Crippen LogP contribution >= 0.6 is 0 Å². The van der Waals surface area contributed by atoms with Gasteiger partial charge in [-0.15, -0.1) is 0 Å². The van der Waals surface area contributed by atoms with E-state index in [-0.39, 0.29) is 17.5 Å². The van der Waals surface area contributed by atoms with Crippen LogP contribution in [0.15, 0.2) is 42.6 Å². The number of nitrogens with one attached hydrogen (secondary N) is 1. The Kier molecular flexibility index (Phi) is 6.35. The molecule has 1 aliphatic heterocycles. The largest absolute Gasteiger partial charge is 0.491 e. The van der Waals surface area contributed by atoms with Gasteiger partial charge in [-0.2, -0.15) is 13.2 Å². The highest BCUT2D eigenvalue weighted by Crippen LogP contribution is 2.21. The van der Waals surface area contributed by atoms with Gasteiger partial charge in [0, 0.05) is 30.6 Å². The summed E-state index contributed by atoms with van der Waals surface area (Å²) < 4.78 is 52.1. The summed E-state index contributed by atoms with van der Waals surface area (Å²) in [6.07, 6.45) is -1.22. The summed E-state index contributed by atoms with van der Waals surface area (Å²) in [4.78, 5) is 16.0. The van der Waals surface area contributed by atoms with Crippen LogP contribution in [0.25, 0.3) is 0 Å². The molecule has 2 heterocycles. The van der Waals surface area contributed by atoms with Gasteiger partial charge in [0.05, 0.1) is 11.7 Å². The third-order valence-corrected chi connectivity index (χ3v) is 3.93. The van der Waals surface area contributed by atoms with Crippen molar-refractivity contribution < 1.29 is 32.2 Å². The van der Waals surface area contributed by atoms with Crippen LogP contribution in [0, 0.1) is 0 Å². The number of alkyl halides is 3. The number of carbonyl (C=O) groups excluding carboxylic acids is 1. The topological polar surface area (TPSA) is 69.7 Å². The van der Waals surface area contributed by atoms with E-state index in [1.165, 1.54) is 12.1 Å². The molecule has 1 aliphatic rings. The van der Waals surface area contributed by atoms with Gasteiger partial charge in [-0.3, -0.25) is 4.79 Å². The van der Waals surface area contributed by atoms with E-state index in [2.05, 4.69) is 15.0 Å². The van der Waals surface area contributed by atoms with E-state index in [1.54, 1.807) is 24.3 Å². The number of pyridine rings is 1. The third-order valence-electron chi connectivity index (χ3n) is 3.93. The van der Waals surface area contributed by atoms with E-state index in [4.69, 9.17) is 9.47 Å². The van der Waals surface area contributed by atoms with Gasteiger partial charge < -0.3 is 19.5 Å². The highest BCUT2D eigenvalue weighted by Gasteiger charge is 2.28.